The molecule has 0 aliphatic carbocycles. The monoisotopic (exact) mass is 421 g/mol. The molecule has 0 bridgehead atoms. The van der Waals surface area contributed by atoms with Gasteiger partial charge in [-0.3, -0.25) is 4.79 Å². The predicted molar refractivity (Wildman–Crippen MR) is 109 cm³/mol. The summed E-state index contributed by atoms with van der Waals surface area (Å²) >= 11 is 6.33. The minimum absolute atomic E-state index is 0.0212. The van der Waals surface area contributed by atoms with Crippen molar-refractivity contribution in [3.05, 3.63) is 22.7 Å². The number of urea groups is 1. The zero-order valence-electron chi connectivity index (χ0n) is 16.6. The minimum Gasteiger partial charge on any atom is -0.489 e. The molecule has 3 aliphatic rings. The summed E-state index contributed by atoms with van der Waals surface area (Å²) in [6.07, 6.45) is 4.61. The second-order valence-corrected chi connectivity index (χ2v) is 8.34. The van der Waals surface area contributed by atoms with E-state index in [1.54, 1.807) is 6.07 Å². The van der Waals surface area contributed by atoms with Gasteiger partial charge in [0.15, 0.2) is 11.5 Å². The number of benzene rings is 1. The molecule has 158 valence electrons. The van der Waals surface area contributed by atoms with Crippen molar-refractivity contribution in [3.63, 3.8) is 0 Å². The predicted octanol–water partition coefficient (Wildman–Crippen LogP) is 3.05. The van der Waals surface area contributed by atoms with Crippen LogP contribution in [-0.4, -0.2) is 61.1 Å². The first-order valence-electron chi connectivity index (χ1n) is 10.5. The van der Waals surface area contributed by atoms with Gasteiger partial charge in [-0.2, -0.15) is 0 Å². The first kappa shape index (κ1) is 20.1. The van der Waals surface area contributed by atoms with Crippen molar-refractivity contribution in [1.82, 2.24) is 15.1 Å². The Hall–Kier alpha value is -2.15. The summed E-state index contributed by atoms with van der Waals surface area (Å²) in [5.41, 5.74) is 0.869. The van der Waals surface area contributed by atoms with Crippen molar-refractivity contribution >= 4 is 23.5 Å². The van der Waals surface area contributed by atoms with E-state index in [1.807, 2.05) is 15.9 Å². The lowest BCUT2D eigenvalue weighted by atomic mass is 9.97. The van der Waals surface area contributed by atoms with Crippen molar-refractivity contribution in [2.75, 3.05) is 39.4 Å². The van der Waals surface area contributed by atoms with E-state index in [0.29, 0.717) is 42.8 Å². The van der Waals surface area contributed by atoms with Crippen molar-refractivity contribution in [1.29, 1.82) is 0 Å². The van der Waals surface area contributed by atoms with Gasteiger partial charge in [0.2, 0.25) is 5.91 Å². The number of rotatable bonds is 3. The lowest BCUT2D eigenvalue weighted by molar-refractivity contribution is -0.126. The molecular weight excluding hydrogens is 394 g/mol. The molecule has 1 aromatic rings. The number of halogens is 1. The van der Waals surface area contributed by atoms with Crippen LogP contribution in [0.15, 0.2) is 12.1 Å². The fourth-order valence-electron chi connectivity index (χ4n) is 4.19. The van der Waals surface area contributed by atoms with Gasteiger partial charge in [-0.15, -0.1) is 0 Å². The van der Waals surface area contributed by atoms with Crippen LogP contribution < -0.4 is 14.8 Å². The van der Waals surface area contributed by atoms with Crippen LogP contribution in [0.2, 0.25) is 5.02 Å². The Morgan fingerprint density at radius 2 is 1.79 bits per heavy atom. The first-order valence-corrected chi connectivity index (χ1v) is 10.9. The van der Waals surface area contributed by atoms with E-state index in [4.69, 9.17) is 21.1 Å². The Bertz CT molecular complexity index is 767. The average molecular weight is 422 g/mol. The Labute approximate surface area is 176 Å². The number of piperidine rings is 1. The quantitative estimate of drug-likeness (QED) is 0.814. The summed E-state index contributed by atoms with van der Waals surface area (Å²) in [6, 6.07) is 3.76. The van der Waals surface area contributed by atoms with Crippen molar-refractivity contribution < 1.29 is 19.1 Å². The molecule has 3 amide bonds. The Balaban J connectivity index is 1.34. The van der Waals surface area contributed by atoms with Gasteiger partial charge in [0, 0.05) is 39.1 Å². The minimum atomic E-state index is -0.175. The molecule has 2 fully saturated rings. The Morgan fingerprint density at radius 3 is 2.62 bits per heavy atom. The SMILES string of the molecule is O=C(NCc1cc(Cl)c2c(c1)OCCCO2)C1CCCN(C(=O)N2CCCC2)C1. The Morgan fingerprint density at radius 1 is 1.03 bits per heavy atom. The summed E-state index contributed by atoms with van der Waals surface area (Å²) in [4.78, 5) is 29.1. The van der Waals surface area contributed by atoms with Gasteiger partial charge in [0.05, 0.1) is 24.2 Å². The highest BCUT2D eigenvalue weighted by atomic mass is 35.5. The molecule has 1 N–H and O–H groups in total. The number of likely N-dealkylation sites (tertiary alicyclic amines) is 2. The van der Waals surface area contributed by atoms with Gasteiger partial charge in [0.1, 0.15) is 0 Å². The zero-order chi connectivity index (χ0) is 20.2. The van der Waals surface area contributed by atoms with Gasteiger partial charge in [-0.05, 0) is 43.4 Å². The van der Waals surface area contributed by atoms with Crippen molar-refractivity contribution in [2.24, 2.45) is 5.92 Å². The number of carbonyl (C=O) groups is 2. The van der Waals surface area contributed by atoms with E-state index in [2.05, 4.69) is 5.32 Å². The molecule has 8 heteroatoms. The molecule has 7 nitrogen and oxygen atoms in total. The lowest BCUT2D eigenvalue weighted by Gasteiger charge is -2.34. The van der Waals surface area contributed by atoms with E-state index >= 15 is 0 Å². The van der Waals surface area contributed by atoms with Gasteiger partial charge in [-0.1, -0.05) is 11.6 Å². The summed E-state index contributed by atoms with van der Waals surface area (Å²) in [6.45, 7) is 4.42. The number of carbonyl (C=O) groups excluding carboxylic acids is 2. The number of nitrogens with one attached hydrogen (secondary N) is 1. The molecule has 4 rings (SSSR count). The number of amides is 3. The van der Waals surface area contributed by atoms with Gasteiger partial charge in [-0.25, -0.2) is 4.79 Å². The maximum absolute atomic E-state index is 12.7. The summed E-state index contributed by atoms with van der Waals surface area (Å²) in [5, 5.41) is 3.50. The summed E-state index contributed by atoms with van der Waals surface area (Å²) in [5.74, 6) is 1.00. The van der Waals surface area contributed by atoms with Gasteiger partial charge in [0.25, 0.3) is 0 Å². The number of nitrogens with zero attached hydrogens (tertiary/aromatic N) is 2. The molecule has 2 saturated heterocycles. The van der Waals surface area contributed by atoms with Crippen LogP contribution in [0.4, 0.5) is 4.79 Å². The molecule has 1 aromatic carbocycles. The summed E-state index contributed by atoms with van der Waals surface area (Å²) < 4.78 is 11.4. The molecule has 1 unspecified atom stereocenters. The number of hydrogen-bond acceptors (Lipinski definition) is 4. The molecule has 0 aromatic heterocycles. The fraction of sp³-hybridized carbons (Fsp3) is 0.619. The van der Waals surface area contributed by atoms with Gasteiger partial charge < -0.3 is 24.6 Å². The highest BCUT2D eigenvalue weighted by molar-refractivity contribution is 6.32. The highest BCUT2D eigenvalue weighted by Crippen LogP contribution is 2.38. The zero-order valence-corrected chi connectivity index (χ0v) is 17.4. The average Bonchev–Trinajstić information content (AvgIpc) is 3.17. The second kappa shape index (κ2) is 9.11. The van der Waals surface area contributed by atoms with E-state index in [9.17, 15) is 9.59 Å². The van der Waals surface area contributed by atoms with Crippen LogP contribution in [0.25, 0.3) is 0 Å². The molecule has 0 radical (unpaired) electrons. The molecule has 1 atom stereocenters. The van der Waals surface area contributed by atoms with E-state index in [1.165, 1.54) is 0 Å². The van der Waals surface area contributed by atoms with Crippen LogP contribution in [0.1, 0.15) is 37.7 Å². The molecule has 0 spiro atoms. The number of ether oxygens (including phenoxy) is 2. The molecular formula is C21H28ClN3O4. The first-order chi connectivity index (χ1) is 14.1. The number of fused-ring (bicyclic) bond motifs is 1. The van der Waals surface area contributed by atoms with Crippen LogP contribution in [-0.2, 0) is 11.3 Å². The summed E-state index contributed by atoms with van der Waals surface area (Å²) in [7, 11) is 0. The third kappa shape index (κ3) is 4.71. The normalized spacial score (nSPS) is 21.6. The molecule has 29 heavy (non-hydrogen) atoms. The number of hydrogen-bond donors (Lipinski definition) is 1. The fourth-order valence-corrected chi connectivity index (χ4v) is 4.48. The largest absolute Gasteiger partial charge is 0.489 e. The third-order valence-electron chi connectivity index (χ3n) is 5.77. The van der Waals surface area contributed by atoms with Crippen LogP contribution in [0.3, 0.4) is 0 Å². The topological polar surface area (TPSA) is 71.1 Å². The third-order valence-corrected chi connectivity index (χ3v) is 6.05. The van der Waals surface area contributed by atoms with Crippen molar-refractivity contribution in [3.8, 4) is 11.5 Å². The highest BCUT2D eigenvalue weighted by Gasteiger charge is 2.31. The van der Waals surface area contributed by atoms with E-state index in [-0.39, 0.29) is 17.9 Å². The molecule has 3 aliphatic heterocycles. The second-order valence-electron chi connectivity index (χ2n) is 7.94. The van der Waals surface area contributed by atoms with Gasteiger partial charge >= 0.3 is 6.03 Å². The van der Waals surface area contributed by atoms with Crippen LogP contribution in [0, 0.1) is 5.92 Å². The van der Waals surface area contributed by atoms with Crippen LogP contribution in [0.5, 0.6) is 11.5 Å². The van der Waals surface area contributed by atoms with Crippen LogP contribution >= 0.6 is 11.6 Å². The van der Waals surface area contributed by atoms with E-state index < -0.39 is 0 Å². The maximum atomic E-state index is 12.7. The van der Waals surface area contributed by atoms with E-state index in [0.717, 1.165) is 57.3 Å². The lowest BCUT2D eigenvalue weighted by Crippen LogP contribution is -2.49. The standard InChI is InChI=1S/C21H28ClN3O4/c22-17-11-15(12-18-19(17)29-10-4-9-28-18)13-23-20(26)16-5-3-8-25(14-16)21(27)24-6-1-2-7-24/h11-12,16H,1-10,13-14H2,(H,23,26). The molecule has 0 saturated carbocycles. The smallest absolute Gasteiger partial charge is 0.320 e. The van der Waals surface area contributed by atoms with Crippen molar-refractivity contribution in [2.45, 2.75) is 38.6 Å². The maximum Gasteiger partial charge on any atom is 0.320 e. The Kier molecular flexibility index (Phi) is 6.33. The molecule has 3 heterocycles.